The first-order valence-electron chi connectivity index (χ1n) is 18.8. The lowest BCUT2D eigenvalue weighted by Crippen LogP contribution is -2.03. The minimum atomic E-state index is 0.717. The fraction of sp³-hybridized carbons (Fsp3) is 0.362. The van der Waals surface area contributed by atoms with Crippen molar-refractivity contribution in [3.8, 4) is 11.5 Å². The highest BCUT2D eigenvalue weighted by atomic mass is 16.5. The molecule has 0 atom stereocenters. The van der Waals surface area contributed by atoms with E-state index in [2.05, 4.69) is 148 Å². The van der Waals surface area contributed by atoms with Crippen molar-refractivity contribution >= 4 is 36.5 Å². The van der Waals surface area contributed by atoms with Crippen LogP contribution in [0.2, 0.25) is 0 Å². The molecule has 258 valence electrons. The van der Waals surface area contributed by atoms with Gasteiger partial charge in [-0.15, -0.1) is 0 Å². The summed E-state index contributed by atoms with van der Waals surface area (Å²) in [6.45, 7) is 8.08. The fourth-order valence-electron chi connectivity index (χ4n) is 5.76. The van der Waals surface area contributed by atoms with Crippen molar-refractivity contribution in [3.63, 3.8) is 0 Å². The second-order valence-corrected chi connectivity index (χ2v) is 13.1. The van der Waals surface area contributed by atoms with Crippen LogP contribution in [0.1, 0.15) is 130 Å². The Hall–Kier alpha value is -4.30. The molecule has 0 bridgehead atoms. The van der Waals surface area contributed by atoms with E-state index in [-0.39, 0.29) is 0 Å². The quantitative estimate of drug-likeness (QED) is 0.0620. The molecule has 4 aromatic rings. The van der Waals surface area contributed by atoms with Gasteiger partial charge >= 0.3 is 0 Å². The largest absolute Gasteiger partial charge is 0.493 e. The van der Waals surface area contributed by atoms with Gasteiger partial charge in [0, 0.05) is 11.1 Å². The van der Waals surface area contributed by atoms with Crippen LogP contribution in [0.4, 0.5) is 0 Å². The van der Waals surface area contributed by atoms with Gasteiger partial charge in [-0.05, 0) is 54.2 Å². The van der Waals surface area contributed by atoms with E-state index in [1.807, 2.05) is 0 Å². The van der Waals surface area contributed by atoms with E-state index in [1.54, 1.807) is 0 Å². The summed E-state index contributed by atoms with van der Waals surface area (Å²) in [5.41, 5.74) is 8.08. The van der Waals surface area contributed by atoms with E-state index in [1.165, 1.54) is 86.5 Å². The lowest BCUT2D eigenvalue weighted by molar-refractivity contribution is 0.295. The molecule has 0 aliphatic heterocycles. The molecule has 0 aromatic heterocycles. The highest BCUT2D eigenvalue weighted by Gasteiger charge is 2.11. The van der Waals surface area contributed by atoms with Crippen LogP contribution in [0.5, 0.6) is 11.5 Å². The summed E-state index contributed by atoms with van der Waals surface area (Å²) in [7, 11) is 0. The van der Waals surface area contributed by atoms with E-state index < -0.39 is 0 Å². The van der Waals surface area contributed by atoms with Gasteiger partial charge in [0.2, 0.25) is 0 Å². The lowest BCUT2D eigenvalue weighted by Gasteiger charge is -2.15. The third kappa shape index (κ3) is 14.4. The molecule has 0 N–H and O–H groups in total. The van der Waals surface area contributed by atoms with Gasteiger partial charge in [-0.25, -0.2) is 0 Å². The van der Waals surface area contributed by atoms with Gasteiger partial charge in [-0.2, -0.15) is 0 Å². The van der Waals surface area contributed by atoms with E-state index in [0.717, 1.165) is 54.2 Å². The molecule has 4 rings (SSSR count). The van der Waals surface area contributed by atoms with E-state index in [0.29, 0.717) is 0 Å². The smallest absolute Gasteiger partial charge is 0.127 e. The maximum absolute atomic E-state index is 6.51. The maximum atomic E-state index is 6.51. The van der Waals surface area contributed by atoms with Crippen molar-refractivity contribution in [2.45, 2.75) is 97.8 Å². The molecular formula is C47H58O2. The lowest BCUT2D eigenvalue weighted by atomic mass is 10.0. The Balaban J connectivity index is 1.54. The molecule has 0 heterocycles. The molecule has 0 aliphatic rings. The van der Waals surface area contributed by atoms with Crippen LogP contribution in [-0.4, -0.2) is 13.2 Å². The first-order valence-corrected chi connectivity index (χ1v) is 18.8. The van der Waals surface area contributed by atoms with Crippen LogP contribution in [0.15, 0.2) is 91.0 Å². The van der Waals surface area contributed by atoms with Crippen LogP contribution in [-0.2, 0) is 0 Å². The molecule has 0 saturated carbocycles. The summed E-state index contributed by atoms with van der Waals surface area (Å²) in [6.07, 6.45) is 27.9. The Bertz CT molecular complexity index is 1560. The molecule has 0 aliphatic carbocycles. The Labute approximate surface area is 297 Å². The van der Waals surface area contributed by atoms with Gasteiger partial charge in [-0.3, -0.25) is 0 Å². The van der Waals surface area contributed by atoms with Crippen LogP contribution in [0, 0.1) is 6.92 Å². The molecule has 0 amide bonds. The zero-order valence-corrected chi connectivity index (χ0v) is 30.3. The van der Waals surface area contributed by atoms with Crippen molar-refractivity contribution in [1.82, 2.24) is 0 Å². The van der Waals surface area contributed by atoms with Crippen LogP contribution < -0.4 is 9.47 Å². The van der Waals surface area contributed by atoms with Gasteiger partial charge in [0.1, 0.15) is 11.5 Å². The molecule has 0 spiro atoms. The summed E-state index contributed by atoms with van der Waals surface area (Å²) >= 11 is 0. The van der Waals surface area contributed by atoms with E-state index in [9.17, 15) is 0 Å². The molecule has 0 radical (unpaired) electrons. The number of aryl methyl sites for hydroxylation is 1. The number of hydrogen-bond acceptors (Lipinski definition) is 2. The summed E-state index contributed by atoms with van der Waals surface area (Å²) < 4.78 is 13.0. The Morgan fingerprint density at radius 1 is 0.408 bits per heavy atom. The van der Waals surface area contributed by atoms with E-state index in [4.69, 9.17) is 9.47 Å². The third-order valence-corrected chi connectivity index (χ3v) is 8.85. The highest BCUT2D eigenvalue weighted by molar-refractivity contribution is 5.79. The number of hydrogen-bond donors (Lipinski definition) is 0. The molecule has 0 saturated heterocycles. The number of unbranched alkanes of at least 4 members (excludes halogenated alkanes) is 10. The molecule has 2 heteroatoms. The van der Waals surface area contributed by atoms with Crippen LogP contribution in [0.3, 0.4) is 0 Å². The molecule has 0 unspecified atom stereocenters. The normalized spacial score (nSPS) is 11.7. The van der Waals surface area contributed by atoms with Gasteiger partial charge in [0.15, 0.2) is 0 Å². The van der Waals surface area contributed by atoms with Crippen molar-refractivity contribution in [3.05, 3.63) is 130 Å². The molecule has 2 nitrogen and oxygen atoms in total. The summed E-state index contributed by atoms with van der Waals surface area (Å²) in [6, 6.07) is 32.1. The Kier molecular flexibility index (Phi) is 17.1. The van der Waals surface area contributed by atoms with Crippen LogP contribution >= 0.6 is 0 Å². The highest BCUT2D eigenvalue weighted by Crippen LogP contribution is 2.33. The minimum Gasteiger partial charge on any atom is -0.493 e. The molecular weight excluding hydrogens is 597 g/mol. The summed E-state index contributed by atoms with van der Waals surface area (Å²) in [5, 5.41) is 0. The predicted molar refractivity (Wildman–Crippen MR) is 215 cm³/mol. The van der Waals surface area contributed by atoms with Crippen molar-refractivity contribution in [1.29, 1.82) is 0 Å². The fourth-order valence-corrected chi connectivity index (χ4v) is 5.76. The molecule has 4 aromatic carbocycles. The molecule has 0 fully saturated rings. The van der Waals surface area contributed by atoms with Crippen molar-refractivity contribution in [2.75, 3.05) is 13.2 Å². The Morgan fingerprint density at radius 3 is 1.22 bits per heavy atom. The topological polar surface area (TPSA) is 18.5 Å². The van der Waals surface area contributed by atoms with Crippen LogP contribution in [0.25, 0.3) is 36.5 Å². The maximum Gasteiger partial charge on any atom is 0.127 e. The predicted octanol–water partition coefficient (Wildman–Crippen LogP) is 14.0. The third-order valence-electron chi connectivity index (χ3n) is 8.85. The van der Waals surface area contributed by atoms with Gasteiger partial charge < -0.3 is 9.47 Å². The first-order chi connectivity index (χ1) is 24.1. The average Bonchev–Trinajstić information content (AvgIpc) is 3.13. The number of rotatable bonds is 22. The SMILES string of the molecule is CCCCCCCCOc1cc(/C=C/c2ccc(/C=C/c3ccc(C)cc3)cc2)c(OCCCCCCCC)cc1/C=C/c1ccccc1. The zero-order valence-electron chi connectivity index (χ0n) is 30.3. The van der Waals surface area contributed by atoms with Gasteiger partial charge in [-0.1, -0.05) is 199 Å². The number of ether oxygens (including phenoxy) is 2. The number of benzene rings is 4. The molecule has 49 heavy (non-hydrogen) atoms. The van der Waals surface area contributed by atoms with Crippen molar-refractivity contribution in [2.24, 2.45) is 0 Å². The van der Waals surface area contributed by atoms with Gasteiger partial charge in [0.05, 0.1) is 13.2 Å². The second kappa shape index (κ2) is 22.4. The average molecular weight is 655 g/mol. The van der Waals surface area contributed by atoms with Crippen molar-refractivity contribution < 1.29 is 9.47 Å². The summed E-state index contributed by atoms with van der Waals surface area (Å²) in [5.74, 6) is 1.81. The van der Waals surface area contributed by atoms with Gasteiger partial charge in [0.25, 0.3) is 0 Å². The Morgan fingerprint density at radius 2 is 0.776 bits per heavy atom. The monoisotopic (exact) mass is 654 g/mol. The zero-order chi connectivity index (χ0) is 34.4. The standard InChI is InChI=1S/C47H58O2/c1-4-6-8-10-12-17-35-48-46-38-45(34-32-43-29-27-42(28-30-43)26-25-41-23-21-39(3)22-24-41)47(49-36-18-13-11-9-7-5-2)37-44(46)33-31-40-19-15-14-16-20-40/h14-16,19-34,37-38H,4-13,17-18,35-36H2,1-3H3/b26-25+,33-31+,34-32+. The second-order valence-electron chi connectivity index (χ2n) is 13.1. The summed E-state index contributed by atoms with van der Waals surface area (Å²) in [4.78, 5) is 0. The minimum absolute atomic E-state index is 0.717. The van der Waals surface area contributed by atoms with E-state index >= 15 is 0 Å². The first kappa shape index (κ1) is 37.5.